The Labute approximate surface area is 176 Å². The van der Waals surface area contributed by atoms with Gasteiger partial charge in [0.15, 0.2) is 12.4 Å². The molecule has 9 heteroatoms. The zero-order valence-electron chi connectivity index (χ0n) is 16.9. The second kappa shape index (κ2) is 9.73. The van der Waals surface area contributed by atoms with Crippen molar-refractivity contribution in [3.63, 3.8) is 0 Å². The number of carbonyl (C=O) groups excluding carboxylic acids is 1. The van der Waals surface area contributed by atoms with Crippen LogP contribution in [0.25, 0.3) is 0 Å². The van der Waals surface area contributed by atoms with Crippen molar-refractivity contribution in [3.8, 4) is 0 Å². The van der Waals surface area contributed by atoms with Crippen molar-refractivity contribution >= 4 is 27.5 Å². The molecular weight excluding hydrogens is 404 g/mol. The molecule has 8 nitrogen and oxygen atoms in total. The van der Waals surface area contributed by atoms with E-state index in [0.29, 0.717) is 29.9 Å². The van der Waals surface area contributed by atoms with E-state index in [1.54, 1.807) is 31.2 Å². The number of aryl methyl sites for hydroxylation is 1. The molecule has 160 valence electrons. The monoisotopic (exact) mass is 430 g/mol. The molecule has 0 saturated carbocycles. The SMILES string of the molecule is Cc1ccc(NC(=O)CO/N=C(\N)c2ccccc2)cc1S(=O)(=O)N1CCCCC1. The Balaban J connectivity index is 1.64. The smallest absolute Gasteiger partial charge is 0.265 e. The summed E-state index contributed by atoms with van der Waals surface area (Å²) in [7, 11) is -3.60. The summed E-state index contributed by atoms with van der Waals surface area (Å²) in [6.45, 7) is 2.43. The topological polar surface area (TPSA) is 114 Å². The lowest BCUT2D eigenvalue weighted by Crippen LogP contribution is -2.36. The zero-order chi connectivity index (χ0) is 21.6. The van der Waals surface area contributed by atoms with Gasteiger partial charge in [0.1, 0.15) is 0 Å². The number of nitrogens with one attached hydrogen (secondary N) is 1. The maximum Gasteiger partial charge on any atom is 0.265 e. The number of carbonyl (C=O) groups is 1. The quantitative estimate of drug-likeness (QED) is 0.398. The van der Waals surface area contributed by atoms with Crippen LogP contribution in [0.2, 0.25) is 0 Å². The molecule has 1 aliphatic heterocycles. The number of hydrogen-bond acceptors (Lipinski definition) is 5. The average Bonchev–Trinajstić information content (AvgIpc) is 2.76. The third kappa shape index (κ3) is 5.37. The number of sulfonamides is 1. The minimum absolute atomic E-state index is 0.161. The summed E-state index contributed by atoms with van der Waals surface area (Å²) in [5.74, 6) is -0.307. The first-order valence-electron chi connectivity index (χ1n) is 9.79. The average molecular weight is 431 g/mol. The highest BCUT2D eigenvalue weighted by atomic mass is 32.2. The van der Waals surface area contributed by atoms with Crippen molar-refractivity contribution in [2.45, 2.75) is 31.1 Å². The molecular formula is C21H26N4O4S. The summed E-state index contributed by atoms with van der Waals surface area (Å²) in [5, 5.41) is 6.38. The highest BCUT2D eigenvalue weighted by Crippen LogP contribution is 2.26. The van der Waals surface area contributed by atoms with E-state index in [4.69, 9.17) is 10.6 Å². The van der Waals surface area contributed by atoms with E-state index in [-0.39, 0.29) is 17.3 Å². The van der Waals surface area contributed by atoms with Gasteiger partial charge >= 0.3 is 0 Å². The molecule has 3 rings (SSSR count). The number of nitrogens with zero attached hydrogens (tertiary/aromatic N) is 2. The van der Waals surface area contributed by atoms with Crippen molar-refractivity contribution in [1.82, 2.24) is 4.31 Å². The second-order valence-corrected chi connectivity index (χ2v) is 9.02. The van der Waals surface area contributed by atoms with E-state index in [1.165, 1.54) is 10.4 Å². The first-order chi connectivity index (χ1) is 14.4. The molecule has 0 bridgehead atoms. The van der Waals surface area contributed by atoms with Crippen molar-refractivity contribution in [3.05, 3.63) is 59.7 Å². The summed E-state index contributed by atoms with van der Waals surface area (Å²) in [4.78, 5) is 17.4. The Hall–Kier alpha value is -2.91. The van der Waals surface area contributed by atoms with Crippen LogP contribution in [-0.4, -0.2) is 44.2 Å². The molecule has 1 heterocycles. The predicted octanol–water partition coefficient (Wildman–Crippen LogP) is 2.45. The summed E-state index contributed by atoms with van der Waals surface area (Å²) in [6.07, 6.45) is 2.76. The van der Waals surface area contributed by atoms with Crippen LogP contribution in [0.1, 0.15) is 30.4 Å². The summed E-state index contributed by atoms with van der Waals surface area (Å²) in [5.41, 5.74) is 7.51. The fourth-order valence-electron chi connectivity index (χ4n) is 3.22. The van der Waals surface area contributed by atoms with Crippen LogP contribution >= 0.6 is 0 Å². The standard InChI is InChI=1S/C21H26N4O4S/c1-16-10-11-18(14-19(16)30(27,28)25-12-6-3-7-13-25)23-20(26)15-29-24-21(22)17-8-4-2-5-9-17/h2,4-5,8-11,14H,3,6-7,12-13,15H2,1H3,(H2,22,24)(H,23,26). The van der Waals surface area contributed by atoms with E-state index in [2.05, 4.69) is 10.5 Å². The Bertz CT molecular complexity index is 1020. The third-order valence-electron chi connectivity index (χ3n) is 4.83. The number of benzene rings is 2. The number of oxime groups is 1. The normalized spacial score (nSPS) is 15.6. The number of nitrogens with two attached hydrogens (primary N) is 1. The molecule has 0 aliphatic carbocycles. The van der Waals surface area contributed by atoms with Gasteiger partial charge < -0.3 is 15.9 Å². The van der Waals surface area contributed by atoms with E-state index in [0.717, 1.165) is 19.3 Å². The van der Waals surface area contributed by atoms with Gasteiger partial charge in [-0.25, -0.2) is 8.42 Å². The minimum Gasteiger partial charge on any atom is -0.384 e. The van der Waals surface area contributed by atoms with Crippen LogP contribution in [0.3, 0.4) is 0 Å². The lowest BCUT2D eigenvalue weighted by Gasteiger charge is -2.26. The minimum atomic E-state index is -3.60. The number of rotatable bonds is 7. The summed E-state index contributed by atoms with van der Waals surface area (Å²) >= 11 is 0. The molecule has 0 atom stereocenters. The largest absolute Gasteiger partial charge is 0.384 e. The van der Waals surface area contributed by atoms with Crippen LogP contribution in [0.15, 0.2) is 58.6 Å². The van der Waals surface area contributed by atoms with Crippen LogP contribution in [0.4, 0.5) is 5.69 Å². The van der Waals surface area contributed by atoms with Crippen molar-refractivity contribution in [1.29, 1.82) is 0 Å². The van der Waals surface area contributed by atoms with Crippen LogP contribution in [0.5, 0.6) is 0 Å². The molecule has 0 aromatic heterocycles. The van der Waals surface area contributed by atoms with Gasteiger partial charge in [-0.3, -0.25) is 4.79 Å². The highest BCUT2D eigenvalue weighted by molar-refractivity contribution is 7.89. The molecule has 0 spiro atoms. The first-order valence-corrected chi connectivity index (χ1v) is 11.2. The van der Waals surface area contributed by atoms with Crippen LogP contribution in [-0.2, 0) is 19.7 Å². The predicted molar refractivity (Wildman–Crippen MR) is 116 cm³/mol. The molecule has 1 fully saturated rings. The first kappa shape index (κ1) is 21.8. The highest BCUT2D eigenvalue weighted by Gasteiger charge is 2.27. The van der Waals surface area contributed by atoms with E-state index in [1.807, 2.05) is 18.2 Å². The van der Waals surface area contributed by atoms with Crippen LogP contribution < -0.4 is 11.1 Å². The Morgan fingerprint density at radius 1 is 1.13 bits per heavy atom. The molecule has 2 aromatic rings. The zero-order valence-corrected chi connectivity index (χ0v) is 17.7. The second-order valence-electron chi connectivity index (χ2n) is 7.11. The Morgan fingerprint density at radius 3 is 2.53 bits per heavy atom. The maximum atomic E-state index is 13.0. The van der Waals surface area contributed by atoms with Gasteiger partial charge in [0.05, 0.1) is 4.90 Å². The maximum absolute atomic E-state index is 13.0. The number of piperidine rings is 1. The Morgan fingerprint density at radius 2 is 1.83 bits per heavy atom. The van der Waals surface area contributed by atoms with Crippen molar-refractivity contribution in [2.75, 3.05) is 25.0 Å². The summed E-state index contributed by atoms with van der Waals surface area (Å²) in [6, 6.07) is 13.9. The van der Waals surface area contributed by atoms with Gasteiger partial charge in [-0.1, -0.05) is 48.0 Å². The van der Waals surface area contributed by atoms with E-state index < -0.39 is 15.9 Å². The molecule has 2 aromatic carbocycles. The summed E-state index contributed by atoms with van der Waals surface area (Å²) < 4.78 is 27.5. The van der Waals surface area contributed by atoms with Crippen molar-refractivity contribution in [2.24, 2.45) is 10.9 Å². The molecule has 30 heavy (non-hydrogen) atoms. The third-order valence-corrected chi connectivity index (χ3v) is 6.87. The Kier molecular flexibility index (Phi) is 7.07. The number of amidine groups is 1. The van der Waals surface area contributed by atoms with Crippen LogP contribution in [0, 0.1) is 6.92 Å². The number of anilines is 1. The molecule has 0 unspecified atom stereocenters. The fourth-order valence-corrected chi connectivity index (χ4v) is 4.99. The van der Waals surface area contributed by atoms with E-state index in [9.17, 15) is 13.2 Å². The molecule has 3 N–H and O–H groups in total. The van der Waals surface area contributed by atoms with E-state index >= 15 is 0 Å². The number of amides is 1. The lowest BCUT2D eigenvalue weighted by atomic mass is 10.2. The number of hydrogen-bond donors (Lipinski definition) is 2. The molecule has 0 radical (unpaired) electrons. The molecule has 1 saturated heterocycles. The fraction of sp³-hybridized carbons (Fsp3) is 0.333. The van der Waals surface area contributed by atoms with Crippen molar-refractivity contribution < 1.29 is 18.0 Å². The van der Waals surface area contributed by atoms with Gasteiger partial charge in [-0.2, -0.15) is 4.31 Å². The molecule has 1 aliphatic rings. The van der Waals surface area contributed by atoms with Gasteiger partial charge in [0.25, 0.3) is 5.91 Å². The lowest BCUT2D eigenvalue weighted by molar-refractivity contribution is -0.120. The van der Waals surface area contributed by atoms with Gasteiger partial charge in [-0.05, 0) is 37.5 Å². The van der Waals surface area contributed by atoms with Gasteiger partial charge in [-0.15, -0.1) is 0 Å². The van der Waals surface area contributed by atoms with Gasteiger partial charge in [0.2, 0.25) is 10.0 Å². The molecule has 1 amide bonds. The van der Waals surface area contributed by atoms with Gasteiger partial charge in [0, 0.05) is 24.3 Å².